The monoisotopic (exact) mass is 300 g/mol. The largest absolute Gasteiger partial charge is 0.120 e. The zero-order valence-corrected chi connectivity index (χ0v) is 15.5. The summed E-state index contributed by atoms with van der Waals surface area (Å²) in [5.41, 5.74) is 4.40. The molecule has 0 aromatic rings. The molecule has 0 amide bonds. The maximum Gasteiger partial charge on any atom is 0.0269 e. The highest BCUT2D eigenvalue weighted by molar-refractivity contribution is 5.07. The van der Waals surface area contributed by atoms with Crippen molar-refractivity contribution in [3.63, 3.8) is 0 Å². The van der Waals surface area contributed by atoms with Gasteiger partial charge in [0.1, 0.15) is 0 Å². The Morgan fingerprint density at radius 1 is 0.909 bits per heavy atom. The van der Waals surface area contributed by atoms with Crippen LogP contribution in [0.5, 0.6) is 0 Å². The third kappa shape index (κ3) is 13.7. The van der Waals surface area contributed by atoms with Crippen LogP contribution < -0.4 is 0 Å². The summed E-state index contributed by atoms with van der Waals surface area (Å²) in [6.07, 6.45) is 21.7. The molecule has 124 valence electrons. The molecule has 0 N–H and O–H groups in total. The molecule has 0 bridgehead atoms. The average molecular weight is 301 g/mol. The van der Waals surface area contributed by atoms with E-state index in [9.17, 15) is 0 Å². The molecular formula is C22H36. The van der Waals surface area contributed by atoms with Gasteiger partial charge in [-0.2, -0.15) is 0 Å². The van der Waals surface area contributed by atoms with Gasteiger partial charge >= 0.3 is 0 Å². The van der Waals surface area contributed by atoms with E-state index < -0.39 is 0 Å². The maximum absolute atomic E-state index is 5.27. The first-order valence-electron chi connectivity index (χ1n) is 8.83. The molecule has 0 aliphatic heterocycles. The highest BCUT2D eigenvalue weighted by Crippen LogP contribution is 2.18. The van der Waals surface area contributed by atoms with Crippen LogP contribution in [0.2, 0.25) is 0 Å². The van der Waals surface area contributed by atoms with E-state index in [1.807, 2.05) is 0 Å². The normalized spacial score (nSPS) is 13.6. The van der Waals surface area contributed by atoms with E-state index in [0.717, 1.165) is 25.2 Å². The van der Waals surface area contributed by atoms with Gasteiger partial charge in [0.25, 0.3) is 0 Å². The predicted molar refractivity (Wildman–Crippen MR) is 102 cm³/mol. The van der Waals surface area contributed by atoms with Crippen LogP contribution in [0.4, 0.5) is 0 Å². The summed E-state index contributed by atoms with van der Waals surface area (Å²) in [6.45, 7) is 11.2. The number of allylic oxidation sites excluding steroid dienone is 6. The fourth-order valence-electron chi connectivity index (χ4n) is 2.51. The summed E-state index contributed by atoms with van der Waals surface area (Å²) >= 11 is 0. The second-order valence-corrected chi connectivity index (χ2v) is 6.90. The third-order valence-electron chi connectivity index (χ3n) is 4.08. The van der Waals surface area contributed by atoms with Crippen LogP contribution in [0.25, 0.3) is 0 Å². The Morgan fingerprint density at radius 3 is 2.23 bits per heavy atom. The van der Waals surface area contributed by atoms with Crippen molar-refractivity contribution in [2.75, 3.05) is 0 Å². The Hall–Kier alpha value is -1.22. The molecule has 0 fully saturated rings. The van der Waals surface area contributed by atoms with Gasteiger partial charge in [0, 0.05) is 6.42 Å². The van der Waals surface area contributed by atoms with Crippen molar-refractivity contribution >= 4 is 0 Å². The minimum Gasteiger partial charge on any atom is -0.120 e. The van der Waals surface area contributed by atoms with Gasteiger partial charge < -0.3 is 0 Å². The van der Waals surface area contributed by atoms with Gasteiger partial charge in [-0.3, -0.25) is 0 Å². The molecule has 0 nitrogen and oxygen atoms in total. The zero-order valence-electron chi connectivity index (χ0n) is 15.5. The average Bonchev–Trinajstić information content (AvgIpc) is 2.44. The first-order chi connectivity index (χ1) is 10.5. The molecule has 0 heterocycles. The van der Waals surface area contributed by atoms with Gasteiger partial charge in [0.15, 0.2) is 0 Å². The lowest BCUT2D eigenvalue weighted by Crippen LogP contribution is -1.94. The molecular weight excluding hydrogens is 264 g/mol. The number of terminal acetylenes is 1. The second-order valence-electron chi connectivity index (χ2n) is 6.90. The summed E-state index contributed by atoms with van der Waals surface area (Å²) in [4.78, 5) is 0. The molecule has 22 heavy (non-hydrogen) atoms. The first kappa shape index (κ1) is 20.8. The Labute approximate surface area is 139 Å². The van der Waals surface area contributed by atoms with Crippen LogP contribution in [0.15, 0.2) is 34.9 Å². The lowest BCUT2D eigenvalue weighted by atomic mass is 9.96. The van der Waals surface area contributed by atoms with Crippen molar-refractivity contribution in [3.05, 3.63) is 34.9 Å². The molecule has 1 atom stereocenters. The molecule has 1 unspecified atom stereocenters. The van der Waals surface area contributed by atoms with Crippen molar-refractivity contribution in [1.29, 1.82) is 0 Å². The Kier molecular flexibility index (Phi) is 12.7. The van der Waals surface area contributed by atoms with Crippen LogP contribution in [0.1, 0.15) is 86.0 Å². The van der Waals surface area contributed by atoms with E-state index in [4.69, 9.17) is 6.42 Å². The van der Waals surface area contributed by atoms with Crippen molar-refractivity contribution in [3.8, 4) is 12.3 Å². The van der Waals surface area contributed by atoms with Crippen molar-refractivity contribution in [2.45, 2.75) is 86.0 Å². The molecule has 0 aromatic carbocycles. The highest BCUT2D eigenvalue weighted by atomic mass is 14.1. The zero-order chi connectivity index (χ0) is 16.8. The lowest BCUT2D eigenvalue weighted by Gasteiger charge is -2.10. The third-order valence-corrected chi connectivity index (χ3v) is 4.08. The van der Waals surface area contributed by atoms with E-state index in [1.165, 1.54) is 43.3 Å². The standard InChI is InChI=1S/C22H36/c1-7-8-13-20(4)15-10-17-22(6)18-11-16-21(5)14-9-12-19(2)3/h1,12-13,17,21H,8-11,14-16,18H2,2-6H3. The predicted octanol–water partition coefficient (Wildman–Crippen LogP) is 7.24. The quantitative estimate of drug-likeness (QED) is 0.279. The van der Waals surface area contributed by atoms with Crippen LogP contribution in [0, 0.1) is 18.3 Å². The number of rotatable bonds is 11. The molecule has 0 aromatic heterocycles. The van der Waals surface area contributed by atoms with Gasteiger partial charge in [-0.15, -0.1) is 12.3 Å². The SMILES string of the molecule is C#CCC=C(C)CCC=C(C)CCCC(C)CCC=C(C)C. The molecule has 0 aliphatic rings. The fourth-order valence-corrected chi connectivity index (χ4v) is 2.51. The smallest absolute Gasteiger partial charge is 0.0269 e. The number of hydrogen-bond donors (Lipinski definition) is 0. The van der Waals surface area contributed by atoms with E-state index in [1.54, 1.807) is 5.57 Å². The minimum absolute atomic E-state index is 0.763. The molecule has 0 aliphatic carbocycles. The van der Waals surface area contributed by atoms with Crippen LogP contribution >= 0.6 is 0 Å². The molecule has 0 rings (SSSR count). The van der Waals surface area contributed by atoms with E-state index in [-0.39, 0.29) is 0 Å². The topological polar surface area (TPSA) is 0 Å². The van der Waals surface area contributed by atoms with Gasteiger partial charge in [-0.25, -0.2) is 0 Å². The fraction of sp³-hybridized carbons (Fsp3) is 0.636. The van der Waals surface area contributed by atoms with E-state index >= 15 is 0 Å². The van der Waals surface area contributed by atoms with Crippen LogP contribution in [-0.4, -0.2) is 0 Å². The summed E-state index contributed by atoms with van der Waals surface area (Å²) in [5.74, 6) is 3.51. The molecule has 0 spiro atoms. The molecule has 0 saturated heterocycles. The van der Waals surface area contributed by atoms with Crippen molar-refractivity contribution in [2.24, 2.45) is 5.92 Å². The van der Waals surface area contributed by atoms with E-state index in [0.29, 0.717) is 0 Å². The van der Waals surface area contributed by atoms with Gasteiger partial charge in [-0.05, 0) is 72.1 Å². The summed E-state index contributed by atoms with van der Waals surface area (Å²) in [5, 5.41) is 0. The van der Waals surface area contributed by atoms with Gasteiger partial charge in [0.05, 0.1) is 0 Å². The first-order valence-corrected chi connectivity index (χ1v) is 8.83. The van der Waals surface area contributed by atoms with Gasteiger partial charge in [0.2, 0.25) is 0 Å². The number of hydrogen-bond acceptors (Lipinski definition) is 0. The molecule has 0 saturated carbocycles. The van der Waals surface area contributed by atoms with Crippen molar-refractivity contribution in [1.82, 2.24) is 0 Å². The summed E-state index contributed by atoms with van der Waals surface area (Å²) in [6, 6.07) is 0. The van der Waals surface area contributed by atoms with Gasteiger partial charge in [-0.1, -0.05) is 48.3 Å². The second kappa shape index (κ2) is 13.4. The van der Waals surface area contributed by atoms with Crippen LogP contribution in [-0.2, 0) is 0 Å². The lowest BCUT2D eigenvalue weighted by molar-refractivity contribution is 0.478. The van der Waals surface area contributed by atoms with Crippen molar-refractivity contribution < 1.29 is 0 Å². The maximum atomic E-state index is 5.27. The Morgan fingerprint density at radius 2 is 1.59 bits per heavy atom. The summed E-state index contributed by atoms with van der Waals surface area (Å²) in [7, 11) is 0. The summed E-state index contributed by atoms with van der Waals surface area (Å²) < 4.78 is 0. The van der Waals surface area contributed by atoms with Crippen LogP contribution in [0.3, 0.4) is 0 Å². The molecule has 0 heteroatoms. The Balaban J connectivity index is 3.80. The Bertz CT molecular complexity index is 408. The minimum atomic E-state index is 0.763. The highest BCUT2D eigenvalue weighted by Gasteiger charge is 2.01. The molecule has 0 radical (unpaired) electrons. The van der Waals surface area contributed by atoms with E-state index in [2.05, 4.69) is 58.8 Å².